The maximum Gasteiger partial charge on any atom is 0.127 e. The third kappa shape index (κ3) is 3.99. The smallest absolute Gasteiger partial charge is 0.127 e. The van der Waals surface area contributed by atoms with E-state index in [4.69, 9.17) is 4.74 Å². The van der Waals surface area contributed by atoms with Crippen molar-refractivity contribution in [3.05, 3.63) is 42.5 Å². The standard InChI is InChI=1S/C19H25NO2/c21-17(13-20-16-9-2-1-3-10-16)14-22-19-12-6-8-15-7-4-5-11-18(15)19/h4-8,11-12,16-17,20-21H,1-3,9-10,13-14H2. The highest BCUT2D eigenvalue weighted by Gasteiger charge is 2.14. The van der Waals surface area contributed by atoms with Gasteiger partial charge in [0, 0.05) is 18.0 Å². The zero-order valence-electron chi connectivity index (χ0n) is 13.0. The van der Waals surface area contributed by atoms with Crippen molar-refractivity contribution >= 4 is 10.8 Å². The van der Waals surface area contributed by atoms with Crippen LogP contribution in [0.3, 0.4) is 0 Å². The van der Waals surface area contributed by atoms with Crippen molar-refractivity contribution in [1.29, 1.82) is 0 Å². The first-order chi connectivity index (χ1) is 10.8. The molecule has 2 aromatic carbocycles. The molecule has 1 unspecified atom stereocenters. The van der Waals surface area contributed by atoms with Crippen molar-refractivity contribution in [2.75, 3.05) is 13.2 Å². The molecule has 118 valence electrons. The molecule has 2 N–H and O–H groups in total. The van der Waals surface area contributed by atoms with Gasteiger partial charge in [0.25, 0.3) is 0 Å². The molecule has 3 rings (SSSR count). The van der Waals surface area contributed by atoms with Gasteiger partial charge in [0.2, 0.25) is 0 Å². The average Bonchev–Trinajstić information content (AvgIpc) is 2.59. The van der Waals surface area contributed by atoms with E-state index in [0.29, 0.717) is 19.2 Å². The number of aliphatic hydroxyl groups is 1. The van der Waals surface area contributed by atoms with Gasteiger partial charge in [0.15, 0.2) is 0 Å². The Bertz CT molecular complexity index is 588. The van der Waals surface area contributed by atoms with Gasteiger partial charge in [-0.1, -0.05) is 55.7 Å². The predicted molar refractivity (Wildman–Crippen MR) is 90.3 cm³/mol. The minimum absolute atomic E-state index is 0.327. The SMILES string of the molecule is OC(CNC1CCCCC1)COc1cccc2ccccc12. The summed E-state index contributed by atoms with van der Waals surface area (Å²) in [5, 5.41) is 15.8. The molecule has 0 aromatic heterocycles. The number of aliphatic hydroxyl groups excluding tert-OH is 1. The summed E-state index contributed by atoms with van der Waals surface area (Å²) in [5.41, 5.74) is 0. The van der Waals surface area contributed by atoms with Gasteiger partial charge < -0.3 is 15.2 Å². The topological polar surface area (TPSA) is 41.5 Å². The second kappa shape index (κ2) is 7.61. The highest BCUT2D eigenvalue weighted by atomic mass is 16.5. The molecule has 0 heterocycles. The second-order valence-electron chi connectivity index (χ2n) is 6.19. The van der Waals surface area contributed by atoms with Crippen LogP contribution in [0.15, 0.2) is 42.5 Å². The maximum absolute atomic E-state index is 10.1. The molecule has 1 aliphatic rings. The lowest BCUT2D eigenvalue weighted by Crippen LogP contribution is -2.38. The summed E-state index contributed by atoms with van der Waals surface area (Å²) in [7, 11) is 0. The van der Waals surface area contributed by atoms with Gasteiger partial charge in [-0.15, -0.1) is 0 Å². The Kier molecular flexibility index (Phi) is 5.30. The van der Waals surface area contributed by atoms with Crippen molar-refractivity contribution in [3.8, 4) is 5.75 Å². The molecule has 1 fully saturated rings. The van der Waals surface area contributed by atoms with Crippen LogP contribution in [0.25, 0.3) is 10.8 Å². The van der Waals surface area contributed by atoms with Gasteiger partial charge in [0.1, 0.15) is 18.5 Å². The fourth-order valence-electron chi connectivity index (χ4n) is 3.18. The van der Waals surface area contributed by atoms with E-state index in [0.717, 1.165) is 16.5 Å². The van der Waals surface area contributed by atoms with Gasteiger partial charge in [-0.05, 0) is 24.3 Å². The zero-order valence-corrected chi connectivity index (χ0v) is 13.0. The van der Waals surface area contributed by atoms with E-state index in [1.54, 1.807) is 0 Å². The van der Waals surface area contributed by atoms with Gasteiger partial charge in [-0.2, -0.15) is 0 Å². The number of ether oxygens (including phenoxy) is 1. The van der Waals surface area contributed by atoms with Crippen LogP contribution in [0.4, 0.5) is 0 Å². The molecule has 1 atom stereocenters. The Balaban J connectivity index is 1.50. The van der Waals surface area contributed by atoms with Crippen molar-refractivity contribution in [3.63, 3.8) is 0 Å². The van der Waals surface area contributed by atoms with E-state index in [9.17, 15) is 5.11 Å². The normalized spacial score (nSPS) is 17.5. The summed E-state index contributed by atoms with van der Waals surface area (Å²) in [4.78, 5) is 0. The lowest BCUT2D eigenvalue weighted by Gasteiger charge is -2.24. The third-order valence-electron chi connectivity index (χ3n) is 4.43. The van der Waals surface area contributed by atoms with Crippen LogP contribution in [0.1, 0.15) is 32.1 Å². The molecule has 0 bridgehead atoms. The molecule has 0 amide bonds. The molecule has 0 saturated heterocycles. The molecule has 1 aliphatic carbocycles. The van der Waals surface area contributed by atoms with Gasteiger partial charge in [-0.25, -0.2) is 0 Å². The lowest BCUT2D eigenvalue weighted by molar-refractivity contribution is 0.102. The number of hydrogen-bond donors (Lipinski definition) is 2. The molecule has 0 spiro atoms. The Morgan fingerprint density at radius 1 is 1.05 bits per heavy atom. The molecular weight excluding hydrogens is 274 g/mol. The Labute approximate surface area is 132 Å². The van der Waals surface area contributed by atoms with Crippen molar-refractivity contribution in [1.82, 2.24) is 5.32 Å². The first-order valence-electron chi connectivity index (χ1n) is 8.35. The summed E-state index contributed by atoms with van der Waals surface area (Å²) in [5.74, 6) is 0.842. The Hall–Kier alpha value is -1.58. The third-order valence-corrected chi connectivity index (χ3v) is 4.43. The van der Waals surface area contributed by atoms with E-state index in [2.05, 4.69) is 23.5 Å². The van der Waals surface area contributed by atoms with Crippen LogP contribution in [-0.4, -0.2) is 30.4 Å². The first-order valence-corrected chi connectivity index (χ1v) is 8.35. The summed E-state index contributed by atoms with van der Waals surface area (Å²) < 4.78 is 5.83. The van der Waals surface area contributed by atoms with Gasteiger partial charge in [0.05, 0.1) is 0 Å². The highest BCUT2D eigenvalue weighted by molar-refractivity contribution is 5.88. The Morgan fingerprint density at radius 3 is 2.68 bits per heavy atom. The van der Waals surface area contributed by atoms with E-state index in [1.165, 1.54) is 32.1 Å². The zero-order chi connectivity index (χ0) is 15.2. The van der Waals surface area contributed by atoms with E-state index in [-0.39, 0.29) is 0 Å². The number of rotatable bonds is 6. The molecule has 0 radical (unpaired) electrons. The predicted octanol–water partition coefficient (Wildman–Crippen LogP) is 3.50. The lowest BCUT2D eigenvalue weighted by atomic mass is 9.95. The minimum atomic E-state index is -0.471. The van der Waals surface area contributed by atoms with Crippen molar-refractivity contribution in [2.45, 2.75) is 44.2 Å². The quantitative estimate of drug-likeness (QED) is 0.858. The van der Waals surface area contributed by atoms with Gasteiger partial charge in [-0.3, -0.25) is 0 Å². The Morgan fingerprint density at radius 2 is 1.82 bits per heavy atom. The second-order valence-corrected chi connectivity index (χ2v) is 6.19. The van der Waals surface area contributed by atoms with Crippen molar-refractivity contribution in [2.24, 2.45) is 0 Å². The number of nitrogens with one attached hydrogen (secondary N) is 1. The van der Waals surface area contributed by atoms with E-state index in [1.807, 2.05) is 24.3 Å². The molecule has 3 heteroatoms. The maximum atomic E-state index is 10.1. The fourth-order valence-corrected chi connectivity index (χ4v) is 3.18. The number of benzene rings is 2. The van der Waals surface area contributed by atoms with Crippen LogP contribution in [0, 0.1) is 0 Å². The molecule has 3 nitrogen and oxygen atoms in total. The van der Waals surface area contributed by atoms with Crippen molar-refractivity contribution < 1.29 is 9.84 Å². The van der Waals surface area contributed by atoms with Crippen LogP contribution in [-0.2, 0) is 0 Å². The average molecular weight is 299 g/mol. The van der Waals surface area contributed by atoms with E-state index >= 15 is 0 Å². The first kappa shape index (κ1) is 15.3. The van der Waals surface area contributed by atoms with Gasteiger partial charge >= 0.3 is 0 Å². The molecule has 2 aromatic rings. The molecule has 22 heavy (non-hydrogen) atoms. The highest BCUT2D eigenvalue weighted by Crippen LogP contribution is 2.25. The molecular formula is C19H25NO2. The fraction of sp³-hybridized carbons (Fsp3) is 0.474. The van der Waals surface area contributed by atoms with Crippen LogP contribution in [0.5, 0.6) is 5.75 Å². The summed E-state index contributed by atoms with van der Waals surface area (Å²) in [6.45, 7) is 0.934. The van der Waals surface area contributed by atoms with Crippen LogP contribution < -0.4 is 10.1 Å². The molecule has 1 saturated carbocycles. The largest absolute Gasteiger partial charge is 0.490 e. The summed E-state index contributed by atoms with van der Waals surface area (Å²) in [6, 6.07) is 14.8. The van der Waals surface area contributed by atoms with E-state index < -0.39 is 6.10 Å². The van der Waals surface area contributed by atoms with Crippen LogP contribution >= 0.6 is 0 Å². The minimum Gasteiger partial charge on any atom is -0.490 e. The number of hydrogen-bond acceptors (Lipinski definition) is 3. The molecule has 0 aliphatic heterocycles. The van der Waals surface area contributed by atoms with Crippen LogP contribution in [0.2, 0.25) is 0 Å². The summed E-state index contributed by atoms with van der Waals surface area (Å²) >= 11 is 0. The summed E-state index contributed by atoms with van der Waals surface area (Å²) in [6.07, 6.45) is 5.96. The number of fused-ring (bicyclic) bond motifs is 1. The monoisotopic (exact) mass is 299 g/mol.